The van der Waals surface area contributed by atoms with Crippen LogP contribution in [0.5, 0.6) is 0 Å². The molecule has 0 aliphatic heterocycles. The number of anilines is 1. The first-order chi connectivity index (χ1) is 7.91. The number of rotatable bonds is 4. The van der Waals surface area contributed by atoms with Crippen molar-refractivity contribution in [2.45, 2.75) is 0 Å². The molecule has 8 heteroatoms. The van der Waals surface area contributed by atoms with Crippen molar-refractivity contribution in [3.8, 4) is 0 Å². The second-order valence-corrected chi connectivity index (χ2v) is 3.77. The van der Waals surface area contributed by atoms with Crippen LogP contribution >= 0.6 is 23.2 Å². The maximum Gasteiger partial charge on any atom is 0.274 e. The molecule has 1 aromatic rings. The van der Waals surface area contributed by atoms with Crippen LogP contribution in [0, 0.1) is 0 Å². The van der Waals surface area contributed by atoms with Crippen molar-refractivity contribution in [2.24, 2.45) is 16.6 Å². The normalized spacial score (nSPS) is 9.53. The first-order valence-electron chi connectivity index (χ1n) is 4.30. The first kappa shape index (κ1) is 13.3. The van der Waals surface area contributed by atoms with E-state index in [1.165, 1.54) is 12.1 Å². The summed E-state index contributed by atoms with van der Waals surface area (Å²) in [5.74, 6) is -2.06. The van der Waals surface area contributed by atoms with Gasteiger partial charge in [-0.2, -0.15) is 5.10 Å². The third-order valence-electron chi connectivity index (χ3n) is 1.69. The Morgan fingerprint density at radius 2 is 1.76 bits per heavy atom. The van der Waals surface area contributed by atoms with Gasteiger partial charge >= 0.3 is 0 Å². The number of nitrogens with zero attached hydrogens (tertiary/aromatic N) is 1. The molecule has 1 aromatic carbocycles. The lowest BCUT2D eigenvalue weighted by Gasteiger charge is -2.04. The topological polar surface area (TPSA) is 111 Å². The lowest BCUT2D eigenvalue weighted by molar-refractivity contribution is -0.115. The minimum absolute atomic E-state index is 0.273. The molecule has 0 bridgehead atoms. The monoisotopic (exact) mass is 274 g/mol. The predicted octanol–water partition coefficient (Wildman–Crippen LogP) is 0.732. The highest BCUT2D eigenvalue weighted by Crippen LogP contribution is 2.25. The quantitative estimate of drug-likeness (QED) is 0.428. The Morgan fingerprint density at radius 1 is 1.18 bits per heavy atom. The van der Waals surface area contributed by atoms with Gasteiger partial charge in [0, 0.05) is 5.02 Å². The van der Waals surface area contributed by atoms with E-state index < -0.39 is 17.5 Å². The summed E-state index contributed by atoms with van der Waals surface area (Å²) < 4.78 is 0. The van der Waals surface area contributed by atoms with E-state index >= 15 is 0 Å². The lowest BCUT2D eigenvalue weighted by Crippen LogP contribution is -2.36. The summed E-state index contributed by atoms with van der Waals surface area (Å²) in [5.41, 5.74) is 12.0. The Bertz CT molecular complexity index is 486. The molecule has 0 unspecified atom stereocenters. The van der Waals surface area contributed by atoms with E-state index in [-0.39, 0.29) is 5.02 Å². The molecular formula is C9H8Cl2N4O2. The average molecular weight is 275 g/mol. The molecule has 0 spiro atoms. The minimum Gasteiger partial charge on any atom is -0.364 e. The number of nitrogens with one attached hydrogen (secondary N) is 1. The van der Waals surface area contributed by atoms with Crippen molar-refractivity contribution < 1.29 is 9.59 Å². The van der Waals surface area contributed by atoms with Gasteiger partial charge in [-0.05, 0) is 18.2 Å². The smallest absolute Gasteiger partial charge is 0.274 e. The van der Waals surface area contributed by atoms with E-state index in [0.29, 0.717) is 10.7 Å². The summed E-state index contributed by atoms with van der Waals surface area (Å²) in [5, 5.41) is 4.19. The Labute approximate surface area is 107 Å². The largest absolute Gasteiger partial charge is 0.364 e. The van der Waals surface area contributed by atoms with Gasteiger partial charge in [-0.3, -0.25) is 15.0 Å². The zero-order chi connectivity index (χ0) is 13.0. The molecule has 0 atom stereocenters. The summed E-state index contributed by atoms with van der Waals surface area (Å²) in [6.45, 7) is 0. The summed E-state index contributed by atoms with van der Waals surface area (Å²) in [4.78, 5) is 21.6. The average Bonchev–Trinajstić information content (AvgIpc) is 2.20. The van der Waals surface area contributed by atoms with E-state index in [4.69, 9.17) is 34.7 Å². The Kier molecular flexibility index (Phi) is 4.30. The SMILES string of the molecule is NC(=O)C(=NNc1ccc(Cl)cc1Cl)C(N)=O. The third-order valence-corrected chi connectivity index (χ3v) is 2.23. The molecule has 1 rings (SSSR count). The van der Waals surface area contributed by atoms with E-state index in [9.17, 15) is 9.59 Å². The summed E-state index contributed by atoms with van der Waals surface area (Å²) in [6.07, 6.45) is 0. The molecular weight excluding hydrogens is 267 g/mol. The van der Waals surface area contributed by atoms with Crippen LogP contribution < -0.4 is 16.9 Å². The molecule has 0 radical (unpaired) electrons. The summed E-state index contributed by atoms with van der Waals surface area (Å²) in [7, 11) is 0. The highest BCUT2D eigenvalue weighted by atomic mass is 35.5. The van der Waals surface area contributed by atoms with Crippen LogP contribution in [-0.4, -0.2) is 17.5 Å². The van der Waals surface area contributed by atoms with Crippen LogP contribution in [0.1, 0.15) is 0 Å². The van der Waals surface area contributed by atoms with Crippen molar-refractivity contribution in [1.82, 2.24) is 0 Å². The van der Waals surface area contributed by atoms with E-state index in [1.807, 2.05) is 0 Å². The van der Waals surface area contributed by atoms with Crippen LogP contribution in [0.2, 0.25) is 10.0 Å². The van der Waals surface area contributed by atoms with E-state index in [1.54, 1.807) is 6.07 Å². The number of benzene rings is 1. The van der Waals surface area contributed by atoms with Gasteiger partial charge in [0.05, 0.1) is 10.7 Å². The van der Waals surface area contributed by atoms with E-state index in [0.717, 1.165) is 0 Å². The predicted molar refractivity (Wildman–Crippen MR) is 65.9 cm³/mol. The van der Waals surface area contributed by atoms with Gasteiger partial charge in [-0.1, -0.05) is 23.2 Å². The Morgan fingerprint density at radius 3 is 2.24 bits per heavy atom. The van der Waals surface area contributed by atoms with Crippen molar-refractivity contribution in [3.63, 3.8) is 0 Å². The van der Waals surface area contributed by atoms with Crippen molar-refractivity contribution >= 4 is 46.4 Å². The molecule has 5 N–H and O–H groups in total. The minimum atomic E-state index is -1.03. The number of carbonyl (C=O) groups excluding carboxylic acids is 2. The zero-order valence-corrected chi connectivity index (χ0v) is 9.92. The number of amides is 2. The molecule has 0 aromatic heterocycles. The fourth-order valence-corrected chi connectivity index (χ4v) is 1.38. The highest BCUT2D eigenvalue weighted by Gasteiger charge is 2.14. The molecule has 0 saturated heterocycles. The van der Waals surface area contributed by atoms with Gasteiger partial charge in [0.25, 0.3) is 11.8 Å². The summed E-state index contributed by atoms with van der Waals surface area (Å²) in [6, 6.07) is 4.54. The number of nitrogens with two attached hydrogens (primary N) is 2. The molecule has 2 amide bonds. The number of hydrazone groups is 1. The molecule has 0 heterocycles. The summed E-state index contributed by atoms with van der Waals surface area (Å²) >= 11 is 11.5. The number of carbonyl (C=O) groups is 2. The fourth-order valence-electron chi connectivity index (χ4n) is 0.928. The molecule has 0 aliphatic rings. The number of halogens is 2. The van der Waals surface area contributed by atoms with Crippen LogP contribution in [0.4, 0.5) is 5.69 Å². The molecule has 0 aliphatic carbocycles. The van der Waals surface area contributed by atoms with Crippen LogP contribution in [-0.2, 0) is 9.59 Å². The standard InChI is InChI=1S/C9H8Cl2N4O2/c10-4-1-2-6(5(11)3-4)14-15-7(8(12)16)9(13)17/h1-3,14H,(H2,12,16)(H2,13,17). The van der Waals surface area contributed by atoms with Crippen molar-refractivity contribution in [2.75, 3.05) is 5.43 Å². The molecule has 90 valence electrons. The van der Waals surface area contributed by atoms with Crippen LogP contribution in [0.25, 0.3) is 0 Å². The van der Waals surface area contributed by atoms with E-state index in [2.05, 4.69) is 10.5 Å². The van der Waals surface area contributed by atoms with Crippen LogP contribution in [0.15, 0.2) is 23.3 Å². The second-order valence-electron chi connectivity index (χ2n) is 2.92. The van der Waals surface area contributed by atoms with Crippen molar-refractivity contribution in [3.05, 3.63) is 28.2 Å². The second kappa shape index (κ2) is 5.51. The first-order valence-corrected chi connectivity index (χ1v) is 5.05. The van der Waals surface area contributed by atoms with Gasteiger partial charge in [0.2, 0.25) is 5.71 Å². The number of primary amides is 2. The fraction of sp³-hybridized carbons (Fsp3) is 0. The van der Waals surface area contributed by atoms with Gasteiger partial charge in [0.1, 0.15) is 0 Å². The highest BCUT2D eigenvalue weighted by molar-refractivity contribution is 6.64. The molecule has 0 fully saturated rings. The lowest BCUT2D eigenvalue weighted by atomic mass is 10.3. The Hall–Kier alpha value is -1.79. The maximum atomic E-state index is 10.8. The van der Waals surface area contributed by atoms with Crippen LogP contribution in [0.3, 0.4) is 0 Å². The Balaban J connectivity index is 2.95. The molecule has 0 saturated carbocycles. The van der Waals surface area contributed by atoms with Gasteiger partial charge in [-0.25, -0.2) is 0 Å². The van der Waals surface area contributed by atoms with Crippen molar-refractivity contribution in [1.29, 1.82) is 0 Å². The third kappa shape index (κ3) is 3.61. The zero-order valence-electron chi connectivity index (χ0n) is 8.41. The molecule has 6 nitrogen and oxygen atoms in total. The van der Waals surface area contributed by atoms with Gasteiger partial charge in [0.15, 0.2) is 0 Å². The number of hydrogen-bond acceptors (Lipinski definition) is 4. The van der Waals surface area contributed by atoms with Gasteiger partial charge < -0.3 is 11.5 Å². The molecule has 17 heavy (non-hydrogen) atoms. The maximum absolute atomic E-state index is 10.8. The number of hydrogen-bond donors (Lipinski definition) is 3. The van der Waals surface area contributed by atoms with Gasteiger partial charge in [-0.15, -0.1) is 0 Å².